The molecule has 0 N–H and O–H groups in total. The van der Waals surface area contributed by atoms with Gasteiger partial charge in [0, 0.05) is 54.4 Å². The molecule has 2 aromatic carbocycles. The van der Waals surface area contributed by atoms with E-state index < -0.39 is 6.16 Å². The molecule has 0 spiro atoms. The van der Waals surface area contributed by atoms with E-state index >= 15 is 0 Å². The first-order valence-electron chi connectivity index (χ1n) is 14.9. The fourth-order valence-corrected chi connectivity index (χ4v) is 6.32. The number of fused-ring (bicyclic) bond motifs is 2. The summed E-state index contributed by atoms with van der Waals surface area (Å²) in [5.41, 5.74) is 3.15. The molecule has 0 aliphatic carbocycles. The molecule has 1 fully saturated rings. The van der Waals surface area contributed by atoms with Gasteiger partial charge in [-0.15, -0.1) is 11.3 Å². The van der Waals surface area contributed by atoms with Crippen molar-refractivity contribution in [3.8, 4) is 5.75 Å². The molecule has 9 heteroatoms. The minimum Gasteiger partial charge on any atom is -0.494 e. The fourth-order valence-electron chi connectivity index (χ4n) is 5.51. The van der Waals surface area contributed by atoms with Crippen molar-refractivity contribution in [1.82, 2.24) is 4.90 Å². The number of piperazine rings is 1. The summed E-state index contributed by atoms with van der Waals surface area (Å²) in [5.74, 6) is 0.655. The summed E-state index contributed by atoms with van der Waals surface area (Å²) in [6.07, 6.45) is 5.20. The maximum absolute atomic E-state index is 12.6. The Bertz CT molecular complexity index is 1300. The van der Waals surface area contributed by atoms with E-state index in [1.165, 1.54) is 20.7 Å². The Morgan fingerprint density at radius 2 is 1.76 bits per heavy atom. The third-order valence-corrected chi connectivity index (χ3v) is 8.74. The Balaban J connectivity index is 1.03. The first-order valence-corrected chi connectivity index (χ1v) is 15.8. The van der Waals surface area contributed by atoms with Gasteiger partial charge in [-0.2, -0.15) is 0 Å². The van der Waals surface area contributed by atoms with Gasteiger partial charge in [-0.3, -0.25) is 14.6 Å². The van der Waals surface area contributed by atoms with E-state index in [1.807, 2.05) is 18.2 Å². The number of thiophene rings is 1. The highest BCUT2D eigenvalue weighted by molar-refractivity contribution is 7.17. The topological polar surface area (TPSA) is 71.5 Å². The number of anilines is 2. The average Bonchev–Trinajstić information content (AvgIpc) is 3.48. The molecular weight excluding hydrogens is 538 g/mol. The van der Waals surface area contributed by atoms with Gasteiger partial charge >= 0.3 is 6.16 Å². The van der Waals surface area contributed by atoms with Gasteiger partial charge in [0.25, 0.3) is 0 Å². The minimum absolute atomic E-state index is 0.0689. The van der Waals surface area contributed by atoms with Crippen LogP contribution in [0.4, 0.5) is 16.2 Å². The van der Waals surface area contributed by atoms with Gasteiger partial charge in [-0.05, 0) is 67.4 Å². The van der Waals surface area contributed by atoms with Gasteiger partial charge in [-0.1, -0.05) is 31.9 Å². The molecule has 0 saturated carbocycles. The number of amides is 1. The second kappa shape index (κ2) is 14.5. The quantitative estimate of drug-likeness (QED) is 0.170. The summed E-state index contributed by atoms with van der Waals surface area (Å²) in [4.78, 5) is 31.1. The van der Waals surface area contributed by atoms with Gasteiger partial charge in [0.05, 0.1) is 18.9 Å². The standard InChI is InChI=1S/C32H41N3O5S/c1-2-3-5-21-39-32(37)40-24-35-29-23-26(12-10-25(29)11-13-31(35)36)38-20-6-4-15-33-16-18-34(19-17-33)28-8-7-9-30-27(28)14-22-41-30/h7-10,12,14,22-23H,2-6,11,13,15-21,24H2,1H3. The summed E-state index contributed by atoms with van der Waals surface area (Å²) in [7, 11) is 0. The van der Waals surface area contributed by atoms with Crippen LogP contribution in [-0.4, -0.2) is 69.6 Å². The van der Waals surface area contributed by atoms with Crippen molar-refractivity contribution in [1.29, 1.82) is 0 Å². The largest absolute Gasteiger partial charge is 0.510 e. The van der Waals surface area contributed by atoms with E-state index in [4.69, 9.17) is 14.2 Å². The summed E-state index contributed by atoms with van der Waals surface area (Å²) >= 11 is 1.80. The zero-order valence-corrected chi connectivity index (χ0v) is 24.8. The smallest absolute Gasteiger partial charge is 0.494 e. The lowest BCUT2D eigenvalue weighted by atomic mass is 10.0. The number of carbonyl (C=O) groups is 2. The molecule has 3 heterocycles. The van der Waals surface area contributed by atoms with E-state index in [-0.39, 0.29) is 12.6 Å². The van der Waals surface area contributed by atoms with Gasteiger partial charge in [0.1, 0.15) is 5.75 Å². The fraction of sp³-hybridized carbons (Fsp3) is 0.500. The number of carbonyl (C=O) groups excluding carboxylic acids is 2. The lowest BCUT2D eigenvalue weighted by molar-refractivity contribution is -0.119. The molecule has 0 radical (unpaired) electrons. The molecule has 220 valence electrons. The lowest BCUT2D eigenvalue weighted by Crippen LogP contribution is -2.46. The van der Waals surface area contributed by atoms with Crippen molar-refractivity contribution < 1.29 is 23.8 Å². The Kier molecular flexibility index (Phi) is 10.4. The van der Waals surface area contributed by atoms with Crippen LogP contribution < -0.4 is 14.5 Å². The highest BCUT2D eigenvalue weighted by Gasteiger charge is 2.26. The predicted molar refractivity (Wildman–Crippen MR) is 164 cm³/mol. The van der Waals surface area contributed by atoms with Crippen LogP contribution in [0.25, 0.3) is 10.1 Å². The molecular formula is C32H41N3O5S. The van der Waals surface area contributed by atoms with Crippen LogP contribution in [0.2, 0.25) is 0 Å². The van der Waals surface area contributed by atoms with Crippen molar-refractivity contribution in [3.63, 3.8) is 0 Å². The van der Waals surface area contributed by atoms with Gasteiger partial charge < -0.3 is 19.1 Å². The van der Waals surface area contributed by atoms with Crippen LogP contribution in [0.3, 0.4) is 0 Å². The molecule has 0 atom stereocenters. The molecule has 3 aromatic rings. The van der Waals surface area contributed by atoms with Crippen LogP contribution in [0.1, 0.15) is 51.0 Å². The predicted octanol–water partition coefficient (Wildman–Crippen LogP) is 6.46. The first kappa shape index (κ1) is 29.2. The third kappa shape index (κ3) is 7.71. The molecule has 1 amide bonds. The van der Waals surface area contributed by atoms with Crippen molar-refractivity contribution in [2.75, 3.05) is 62.5 Å². The zero-order valence-electron chi connectivity index (χ0n) is 24.0. The van der Waals surface area contributed by atoms with Gasteiger partial charge in [-0.25, -0.2) is 4.79 Å². The van der Waals surface area contributed by atoms with E-state index in [9.17, 15) is 9.59 Å². The molecule has 5 rings (SSSR count). The number of hydrogen-bond donors (Lipinski definition) is 0. The zero-order chi connectivity index (χ0) is 28.4. The van der Waals surface area contributed by atoms with Crippen LogP contribution in [0.15, 0.2) is 47.8 Å². The number of benzene rings is 2. The van der Waals surface area contributed by atoms with E-state index in [2.05, 4.69) is 46.4 Å². The molecule has 2 aliphatic rings. The van der Waals surface area contributed by atoms with Crippen molar-refractivity contribution in [2.45, 2.75) is 51.9 Å². The number of nitrogens with zero attached hydrogens (tertiary/aromatic N) is 3. The molecule has 0 bridgehead atoms. The van der Waals surface area contributed by atoms with Crippen LogP contribution >= 0.6 is 11.3 Å². The number of ether oxygens (including phenoxy) is 3. The summed E-state index contributed by atoms with van der Waals surface area (Å²) in [5, 5.41) is 3.54. The SMILES string of the molecule is CCCCCOC(=O)OCN1C(=O)CCc2ccc(OCCCCN3CCN(c4cccc5sccc45)CC3)cc21. The average molecular weight is 580 g/mol. The molecule has 41 heavy (non-hydrogen) atoms. The van der Waals surface area contributed by atoms with Gasteiger partial charge in [0.15, 0.2) is 6.73 Å². The molecule has 1 aromatic heterocycles. The molecule has 0 unspecified atom stereocenters. The van der Waals surface area contributed by atoms with Crippen molar-refractivity contribution in [2.24, 2.45) is 0 Å². The summed E-state index contributed by atoms with van der Waals surface area (Å²) < 4.78 is 17.8. The normalized spacial score (nSPS) is 15.7. The number of unbranched alkanes of at least 4 members (excludes halogenated alkanes) is 3. The maximum Gasteiger partial charge on any atom is 0.510 e. The second-order valence-electron chi connectivity index (χ2n) is 10.7. The summed E-state index contributed by atoms with van der Waals surface area (Å²) in [6, 6.07) is 14.7. The number of rotatable bonds is 13. The molecule has 2 aliphatic heterocycles. The first-order chi connectivity index (χ1) is 20.1. The van der Waals surface area contributed by atoms with Crippen LogP contribution in [0.5, 0.6) is 5.75 Å². The summed E-state index contributed by atoms with van der Waals surface area (Å²) in [6.45, 7) is 8.20. The van der Waals surface area contributed by atoms with E-state index in [0.717, 1.165) is 81.8 Å². The van der Waals surface area contributed by atoms with Crippen LogP contribution in [-0.2, 0) is 20.7 Å². The Morgan fingerprint density at radius 3 is 2.61 bits per heavy atom. The van der Waals surface area contributed by atoms with Crippen molar-refractivity contribution in [3.05, 3.63) is 53.4 Å². The van der Waals surface area contributed by atoms with Crippen molar-refractivity contribution >= 4 is 44.9 Å². The Labute approximate surface area is 246 Å². The lowest BCUT2D eigenvalue weighted by Gasteiger charge is -2.36. The van der Waals surface area contributed by atoms with E-state index in [1.54, 1.807) is 11.3 Å². The molecule has 8 nitrogen and oxygen atoms in total. The maximum atomic E-state index is 12.6. The number of aryl methyl sites for hydroxylation is 1. The second-order valence-corrected chi connectivity index (χ2v) is 11.6. The highest BCUT2D eigenvalue weighted by Crippen LogP contribution is 2.32. The minimum atomic E-state index is -0.741. The molecule has 1 saturated heterocycles. The third-order valence-electron chi connectivity index (χ3n) is 7.86. The Hall–Kier alpha value is -3.30. The number of hydrogen-bond acceptors (Lipinski definition) is 8. The monoisotopic (exact) mass is 579 g/mol. The van der Waals surface area contributed by atoms with Crippen LogP contribution in [0, 0.1) is 0 Å². The highest BCUT2D eigenvalue weighted by atomic mass is 32.1. The van der Waals surface area contributed by atoms with E-state index in [0.29, 0.717) is 26.1 Å². The van der Waals surface area contributed by atoms with Gasteiger partial charge in [0.2, 0.25) is 5.91 Å². The Morgan fingerprint density at radius 1 is 0.902 bits per heavy atom.